The third-order valence-electron chi connectivity index (χ3n) is 7.02. The molecule has 5 rings (SSSR count). The summed E-state index contributed by atoms with van der Waals surface area (Å²) in [6.07, 6.45) is 1.48. The Morgan fingerprint density at radius 2 is 1.69 bits per heavy atom. The number of nitrogens with zero attached hydrogens (tertiary/aromatic N) is 2. The van der Waals surface area contributed by atoms with E-state index in [1.165, 1.54) is 5.56 Å². The summed E-state index contributed by atoms with van der Waals surface area (Å²) in [6.45, 7) is 3.41. The van der Waals surface area contributed by atoms with Gasteiger partial charge in [-0.2, -0.15) is 0 Å². The molecule has 2 aliphatic heterocycles. The Morgan fingerprint density at radius 3 is 2.51 bits per heavy atom. The fourth-order valence-corrected chi connectivity index (χ4v) is 5.06. The second-order valence-electron chi connectivity index (χ2n) is 9.28. The Labute approximate surface area is 205 Å². The van der Waals surface area contributed by atoms with Crippen LogP contribution in [0.25, 0.3) is 0 Å². The minimum atomic E-state index is -0.456. The molecule has 35 heavy (non-hydrogen) atoms. The molecule has 0 bridgehead atoms. The lowest BCUT2D eigenvalue weighted by atomic mass is 10.0. The first-order chi connectivity index (χ1) is 17.0. The van der Waals surface area contributed by atoms with Gasteiger partial charge in [-0.25, -0.2) is 0 Å². The van der Waals surface area contributed by atoms with Crippen molar-refractivity contribution in [3.8, 4) is 0 Å². The van der Waals surface area contributed by atoms with Gasteiger partial charge in [0.2, 0.25) is 5.91 Å². The first-order valence-electron chi connectivity index (χ1n) is 12.2. The molecule has 2 unspecified atom stereocenters. The van der Waals surface area contributed by atoms with Crippen LogP contribution in [0.5, 0.6) is 0 Å². The zero-order valence-electron chi connectivity index (χ0n) is 19.8. The molecule has 0 aliphatic carbocycles. The van der Waals surface area contributed by atoms with Gasteiger partial charge in [-0.3, -0.25) is 14.4 Å². The topological polar surface area (TPSA) is 69.7 Å². The van der Waals surface area contributed by atoms with Crippen molar-refractivity contribution in [2.24, 2.45) is 0 Å². The quantitative estimate of drug-likeness (QED) is 0.585. The molecule has 1 saturated heterocycles. The van der Waals surface area contributed by atoms with Crippen molar-refractivity contribution in [3.05, 3.63) is 101 Å². The normalized spacial score (nSPS) is 18.0. The van der Waals surface area contributed by atoms with E-state index >= 15 is 0 Å². The number of para-hydroxylation sites is 1. The fourth-order valence-electron chi connectivity index (χ4n) is 5.06. The predicted molar refractivity (Wildman–Crippen MR) is 135 cm³/mol. The monoisotopic (exact) mass is 467 g/mol. The maximum Gasteiger partial charge on any atom is 0.256 e. The molecule has 0 saturated carbocycles. The lowest BCUT2D eigenvalue weighted by Gasteiger charge is -2.26. The highest BCUT2D eigenvalue weighted by Gasteiger charge is 2.42. The fraction of sp³-hybridized carbons (Fsp3) is 0.276. The number of fused-ring (bicyclic) bond motifs is 2. The predicted octanol–water partition coefficient (Wildman–Crippen LogP) is 4.37. The van der Waals surface area contributed by atoms with Crippen LogP contribution in [0.2, 0.25) is 0 Å². The van der Waals surface area contributed by atoms with E-state index < -0.39 is 6.04 Å². The third kappa shape index (κ3) is 4.44. The summed E-state index contributed by atoms with van der Waals surface area (Å²) < 4.78 is 0. The van der Waals surface area contributed by atoms with E-state index in [9.17, 15) is 14.4 Å². The van der Waals surface area contributed by atoms with E-state index in [1.54, 1.807) is 21.9 Å². The number of benzene rings is 3. The summed E-state index contributed by atoms with van der Waals surface area (Å²) in [6, 6.07) is 24.3. The van der Waals surface area contributed by atoms with E-state index in [1.807, 2.05) is 54.6 Å². The van der Waals surface area contributed by atoms with Crippen LogP contribution >= 0.6 is 0 Å². The average Bonchev–Trinajstić information content (AvgIpc) is 3.38. The van der Waals surface area contributed by atoms with Crippen LogP contribution in [0.4, 0.5) is 5.69 Å². The molecule has 1 N–H and O–H groups in total. The molecule has 2 heterocycles. The SMILES string of the molecule is CC(CNC(=O)c1ccccc1CN1C(=O)C2CCCN2C(=O)c2ccccc21)c1ccccc1. The summed E-state index contributed by atoms with van der Waals surface area (Å²) in [4.78, 5) is 43.4. The number of carbonyl (C=O) groups excluding carboxylic acids is 3. The number of hydrogen-bond donors (Lipinski definition) is 1. The van der Waals surface area contributed by atoms with Gasteiger partial charge in [0.05, 0.1) is 17.8 Å². The summed E-state index contributed by atoms with van der Waals surface area (Å²) in [5, 5.41) is 3.06. The zero-order valence-corrected chi connectivity index (χ0v) is 19.8. The van der Waals surface area contributed by atoms with E-state index in [0.29, 0.717) is 36.3 Å². The maximum absolute atomic E-state index is 13.6. The Balaban J connectivity index is 1.40. The standard InChI is InChI=1S/C29H29N3O3/c1-20(21-10-3-2-4-11-21)18-30-27(33)23-13-6-5-12-22(23)19-32-25-15-8-7-14-24(25)28(34)31-17-9-16-26(31)29(32)35/h2-8,10-15,20,26H,9,16-19H2,1H3,(H,30,33). The summed E-state index contributed by atoms with van der Waals surface area (Å²) in [5.74, 6) is -0.183. The van der Waals surface area contributed by atoms with Crippen LogP contribution in [0.3, 0.4) is 0 Å². The van der Waals surface area contributed by atoms with E-state index in [2.05, 4.69) is 24.4 Å². The summed E-state index contributed by atoms with van der Waals surface area (Å²) >= 11 is 0. The Kier molecular flexibility index (Phi) is 6.36. The smallest absolute Gasteiger partial charge is 0.256 e. The van der Waals surface area contributed by atoms with Crippen LogP contribution in [-0.2, 0) is 11.3 Å². The van der Waals surface area contributed by atoms with Gasteiger partial charge < -0.3 is 15.1 Å². The number of amides is 3. The zero-order chi connectivity index (χ0) is 24.4. The average molecular weight is 468 g/mol. The third-order valence-corrected chi connectivity index (χ3v) is 7.02. The van der Waals surface area contributed by atoms with Gasteiger partial charge >= 0.3 is 0 Å². The van der Waals surface area contributed by atoms with Crippen molar-refractivity contribution in [1.82, 2.24) is 10.2 Å². The molecule has 0 spiro atoms. The highest BCUT2D eigenvalue weighted by atomic mass is 16.2. The summed E-state index contributed by atoms with van der Waals surface area (Å²) in [7, 11) is 0. The van der Waals surface area contributed by atoms with Gasteiger partial charge in [0, 0.05) is 18.7 Å². The van der Waals surface area contributed by atoms with Crippen molar-refractivity contribution < 1.29 is 14.4 Å². The number of anilines is 1. The number of hydrogen-bond acceptors (Lipinski definition) is 3. The van der Waals surface area contributed by atoms with Gasteiger partial charge in [-0.1, -0.05) is 67.6 Å². The maximum atomic E-state index is 13.6. The van der Waals surface area contributed by atoms with Crippen LogP contribution in [0.1, 0.15) is 57.5 Å². The molecule has 3 amide bonds. The molecule has 0 aromatic heterocycles. The van der Waals surface area contributed by atoms with Crippen LogP contribution in [-0.4, -0.2) is 41.8 Å². The molecule has 6 heteroatoms. The largest absolute Gasteiger partial charge is 0.351 e. The Morgan fingerprint density at radius 1 is 0.971 bits per heavy atom. The molecule has 178 valence electrons. The number of rotatable bonds is 6. The minimum Gasteiger partial charge on any atom is -0.351 e. The van der Waals surface area contributed by atoms with Gasteiger partial charge in [-0.15, -0.1) is 0 Å². The Bertz CT molecular complexity index is 1260. The van der Waals surface area contributed by atoms with Crippen molar-refractivity contribution >= 4 is 23.4 Å². The van der Waals surface area contributed by atoms with Crippen molar-refractivity contribution in [3.63, 3.8) is 0 Å². The highest BCUT2D eigenvalue weighted by Crippen LogP contribution is 2.33. The van der Waals surface area contributed by atoms with Crippen LogP contribution in [0.15, 0.2) is 78.9 Å². The molecule has 0 radical (unpaired) electrons. The molecule has 2 aliphatic rings. The van der Waals surface area contributed by atoms with Crippen molar-refractivity contribution in [1.29, 1.82) is 0 Å². The molecular formula is C29H29N3O3. The molecule has 1 fully saturated rings. The minimum absolute atomic E-state index is 0.0892. The molecule has 3 aromatic carbocycles. The van der Waals surface area contributed by atoms with Gasteiger partial charge in [-0.05, 0) is 48.1 Å². The van der Waals surface area contributed by atoms with E-state index in [-0.39, 0.29) is 30.2 Å². The first-order valence-corrected chi connectivity index (χ1v) is 12.2. The first kappa shape index (κ1) is 22.8. The molecule has 3 aromatic rings. The highest BCUT2D eigenvalue weighted by molar-refractivity contribution is 6.11. The van der Waals surface area contributed by atoms with Crippen molar-refractivity contribution in [2.45, 2.75) is 38.3 Å². The number of nitrogens with one attached hydrogen (secondary N) is 1. The second-order valence-corrected chi connectivity index (χ2v) is 9.28. The van der Waals surface area contributed by atoms with Crippen molar-refractivity contribution in [2.75, 3.05) is 18.0 Å². The molecule has 6 nitrogen and oxygen atoms in total. The van der Waals surface area contributed by atoms with Crippen LogP contribution in [0, 0.1) is 0 Å². The Hall–Kier alpha value is -3.93. The lowest BCUT2D eigenvalue weighted by molar-refractivity contribution is -0.122. The van der Waals surface area contributed by atoms with E-state index in [4.69, 9.17) is 0 Å². The van der Waals surface area contributed by atoms with Gasteiger partial charge in [0.15, 0.2) is 0 Å². The van der Waals surface area contributed by atoms with Gasteiger partial charge in [0.25, 0.3) is 11.8 Å². The molecular weight excluding hydrogens is 438 g/mol. The summed E-state index contributed by atoms with van der Waals surface area (Å²) in [5.41, 5.74) is 3.59. The second kappa shape index (κ2) is 9.74. The van der Waals surface area contributed by atoms with E-state index in [0.717, 1.165) is 12.0 Å². The molecule has 2 atom stereocenters. The number of carbonyl (C=O) groups is 3. The lowest BCUT2D eigenvalue weighted by Crippen LogP contribution is -2.44. The van der Waals surface area contributed by atoms with Crippen LogP contribution < -0.4 is 10.2 Å². The van der Waals surface area contributed by atoms with Gasteiger partial charge in [0.1, 0.15) is 6.04 Å².